The van der Waals surface area contributed by atoms with Crippen molar-refractivity contribution >= 4 is 11.3 Å². The van der Waals surface area contributed by atoms with Gasteiger partial charge >= 0.3 is 0 Å². The number of fused-ring (bicyclic) bond motifs is 1. The van der Waals surface area contributed by atoms with Crippen LogP contribution in [0.2, 0.25) is 0 Å². The number of imidazole rings is 1. The summed E-state index contributed by atoms with van der Waals surface area (Å²) in [6.07, 6.45) is 6.30. The van der Waals surface area contributed by atoms with E-state index in [2.05, 4.69) is 42.0 Å². The number of hydrogen-bond acceptors (Lipinski definition) is 5. The van der Waals surface area contributed by atoms with E-state index in [1.807, 2.05) is 22.2 Å². The zero-order chi connectivity index (χ0) is 14.8. The van der Waals surface area contributed by atoms with Crippen LogP contribution in [0.3, 0.4) is 0 Å². The monoisotopic (exact) mass is 314 g/mol. The van der Waals surface area contributed by atoms with Gasteiger partial charge in [-0.15, -0.1) is 11.3 Å². The highest BCUT2D eigenvalue weighted by molar-refractivity contribution is 7.09. The SMILES string of the molecule is c1csc(CN2CCc3ncc(Cn4cncn4)n3CC2)c1. The zero-order valence-electron chi connectivity index (χ0n) is 12.3. The number of thiophene rings is 1. The third-order valence-corrected chi connectivity index (χ3v) is 4.92. The summed E-state index contributed by atoms with van der Waals surface area (Å²) in [5.41, 5.74) is 1.21. The highest BCUT2D eigenvalue weighted by Crippen LogP contribution is 2.16. The molecule has 0 aromatic carbocycles. The van der Waals surface area contributed by atoms with E-state index in [-0.39, 0.29) is 0 Å². The van der Waals surface area contributed by atoms with E-state index in [1.165, 1.54) is 16.4 Å². The van der Waals surface area contributed by atoms with Gasteiger partial charge in [0.2, 0.25) is 0 Å². The Hall–Kier alpha value is -1.99. The van der Waals surface area contributed by atoms with E-state index in [1.54, 1.807) is 12.7 Å². The predicted octanol–water partition coefficient (Wildman–Crippen LogP) is 1.64. The first kappa shape index (κ1) is 13.7. The molecule has 0 aliphatic carbocycles. The van der Waals surface area contributed by atoms with Crippen LogP contribution in [-0.2, 0) is 26.1 Å². The normalized spacial score (nSPS) is 15.6. The molecule has 0 N–H and O–H groups in total. The molecule has 7 heteroatoms. The Balaban J connectivity index is 1.46. The summed E-state index contributed by atoms with van der Waals surface area (Å²) in [5, 5.41) is 6.33. The third kappa shape index (κ3) is 2.82. The second-order valence-electron chi connectivity index (χ2n) is 5.52. The second-order valence-corrected chi connectivity index (χ2v) is 6.55. The Morgan fingerprint density at radius 3 is 3.00 bits per heavy atom. The van der Waals surface area contributed by atoms with Crippen LogP contribution in [0.25, 0.3) is 0 Å². The van der Waals surface area contributed by atoms with Crippen LogP contribution in [0.15, 0.2) is 36.4 Å². The van der Waals surface area contributed by atoms with Gasteiger partial charge in [-0.25, -0.2) is 14.6 Å². The Morgan fingerprint density at radius 2 is 2.18 bits per heavy atom. The lowest BCUT2D eigenvalue weighted by molar-refractivity contribution is 0.273. The van der Waals surface area contributed by atoms with Crippen LogP contribution < -0.4 is 0 Å². The van der Waals surface area contributed by atoms with Gasteiger partial charge in [-0.3, -0.25) is 4.90 Å². The molecule has 4 rings (SSSR count). The second kappa shape index (κ2) is 6.02. The molecular formula is C15H18N6S. The highest BCUT2D eigenvalue weighted by atomic mass is 32.1. The van der Waals surface area contributed by atoms with E-state index >= 15 is 0 Å². The van der Waals surface area contributed by atoms with Crippen LogP contribution in [-0.4, -0.2) is 42.3 Å². The molecule has 1 aliphatic heterocycles. The molecular weight excluding hydrogens is 296 g/mol. The van der Waals surface area contributed by atoms with Gasteiger partial charge in [-0.2, -0.15) is 5.10 Å². The van der Waals surface area contributed by atoms with Crippen molar-refractivity contribution in [2.75, 3.05) is 13.1 Å². The zero-order valence-corrected chi connectivity index (χ0v) is 13.1. The van der Waals surface area contributed by atoms with E-state index in [4.69, 9.17) is 0 Å². The van der Waals surface area contributed by atoms with Crippen LogP contribution in [0, 0.1) is 0 Å². The molecule has 3 aromatic heterocycles. The molecule has 0 saturated carbocycles. The Bertz CT molecular complexity index is 715. The van der Waals surface area contributed by atoms with Crippen LogP contribution >= 0.6 is 11.3 Å². The molecule has 0 amide bonds. The molecule has 0 radical (unpaired) electrons. The highest BCUT2D eigenvalue weighted by Gasteiger charge is 2.18. The average molecular weight is 314 g/mol. The summed E-state index contributed by atoms with van der Waals surface area (Å²) in [6, 6.07) is 4.34. The van der Waals surface area contributed by atoms with Gasteiger partial charge in [0.05, 0.1) is 18.4 Å². The first-order valence-corrected chi connectivity index (χ1v) is 8.37. The maximum atomic E-state index is 4.61. The van der Waals surface area contributed by atoms with Gasteiger partial charge in [0.1, 0.15) is 18.5 Å². The van der Waals surface area contributed by atoms with Gasteiger partial charge in [0, 0.05) is 37.5 Å². The van der Waals surface area contributed by atoms with Crippen molar-refractivity contribution in [3.8, 4) is 0 Å². The molecule has 114 valence electrons. The standard InChI is InChI=1S/C15H18N6S/c1-2-14(22-7-1)10-19-4-3-15-17-8-13(21(15)6-5-19)9-20-12-16-11-18-20/h1-2,7-8,11-12H,3-6,9-10H2. The lowest BCUT2D eigenvalue weighted by Gasteiger charge is -2.18. The summed E-state index contributed by atoms with van der Waals surface area (Å²) in [4.78, 5) is 12.6. The minimum atomic E-state index is 0.734. The van der Waals surface area contributed by atoms with Crippen molar-refractivity contribution in [2.24, 2.45) is 0 Å². The van der Waals surface area contributed by atoms with Gasteiger partial charge in [-0.1, -0.05) is 6.07 Å². The predicted molar refractivity (Wildman–Crippen MR) is 84.7 cm³/mol. The maximum Gasteiger partial charge on any atom is 0.137 e. The van der Waals surface area contributed by atoms with E-state index < -0.39 is 0 Å². The van der Waals surface area contributed by atoms with E-state index in [0.29, 0.717) is 0 Å². The number of hydrogen-bond donors (Lipinski definition) is 0. The fraction of sp³-hybridized carbons (Fsp3) is 0.400. The fourth-order valence-electron chi connectivity index (χ4n) is 2.93. The molecule has 4 heterocycles. The first-order chi connectivity index (χ1) is 10.9. The maximum absolute atomic E-state index is 4.61. The molecule has 3 aromatic rings. The van der Waals surface area contributed by atoms with Crippen molar-refractivity contribution in [1.29, 1.82) is 0 Å². The number of aromatic nitrogens is 5. The van der Waals surface area contributed by atoms with Crippen molar-refractivity contribution in [2.45, 2.75) is 26.1 Å². The summed E-state index contributed by atoms with van der Waals surface area (Å²) >= 11 is 1.83. The minimum absolute atomic E-state index is 0.734. The van der Waals surface area contributed by atoms with Gasteiger partial charge < -0.3 is 4.57 Å². The van der Waals surface area contributed by atoms with Crippen molar-refractivity contribution in [3.63, 3.8) is 0 Å². The number of rotatable bonds is 4. The molecule has 1 aliphatic rings. The third-order valence-electron chi connectivity index (χ3n) is 4.06. The minimum Gasteiger partial charge on any atom is -0.329 e. The smallest absolute Gasteiger partial charge is 0.137 e. The molecule has 0 spiro atoms. The van der Waals surface area contributed by atoms with Crippen molar-refractivity contribution in [3.05, 3.63) is 52.8 Å². The molecule has 6 nitrogen and oxygen atoms in total. The first-order valence-electron chi connectivity index (χ1n) is 7.49. The van der Waals surface area contributed by atoms with Crippen LogP contribution in [0.4, 0.5) is 0 Å². The summed E-state index contributed by atoms with van der Waals surface area (Å²) in [7, 11) is 0. The van der Waals surface area contributed by atoms with Gasteiger partial charge in [0.25, 0.3) is 0 Å². The quantitative estimate of drug-likeness (QED) is 0.735. The Labute approximate surface area is 133 Å². The molecule has 0 atom stereocenters. The summed E-state index contributed by atoms with van der Waals surface area (Å²) < 4.78 is 4.19. The fourth-order valence-corrected chi connectivity index (χ4v) is 3.67. The largest absolute Gasteiger partial charge is 0.329 e. The Morgan fingerprint density at radius 1 is 1.18 bits per heavy atom. The van der Waals surface area contributed by atoms with E-state index in [9.17, 15) is 0 Å². The van der Waals surface area contributed by atoms with Gasteiger partial charge in [0.15, 0.2) is 0 Å². The topological polar surface area (TPSA) is 51.8 Å². The van der Waals surface area contributed by atoms with Crippen LogP contribution in [0.5, 0.6) is 0 Å². The van der Waals surface area contributed by atoms with Gasteiger partial charge in [-0.05, 0) is 11.4 Å². The molecule has 0 bridgehead atoms. The molecule has 22 heavy (non-hydrogen) atoms. The van der Waals surface area contributed by atoms with E-state index in [0.717, 1.165) is 39.1 Å². The molecule has 0 fully saturated rings. The average Bonchev–Trinajstić information content (AvgIpc) is 3.24. The lowest BCUT2D eigenvalue weighted by Crippen LogP contribution is -2.26. The van der Waals surface area contributed by atoms with Crippen molar-refractivity contribution in [1.82, 2.24) is 29.2 Å². The summed E-state index contributed by atoms with van der Waals surface area (Å²) in [5.74, 6) is 1.18. The van der Waals surface area contributed by atoms with Crippen LogP contribution in [0.1, 0.15) is 16.4 Å². The lowest BCUT2D eigenvalue weighted by atomic mass is 10.3. The molecule has 0 unspecified atom stereocenters. The van der Waals surface area contributed by atoms with Crippen molar-refractivity contribution < 1.29 is 0 Å². The Kier molecular flexibility index (Phi) is 3.74. The number of nitrogens with zero attached hydrogens (tertiary/aromatic N) is 6. The summed E-state index contributed by atoms with van der Waals surface area (Å²) in [6.45, 7) is 4.90. The molecule has 0 saturated heterocycles.